The summed E-state index contributed by atoms with van der Waals surface area (Å²) in [6, 6.07) is 0. The largest absolute Gasteiger partial charge is 0.401 e. The van der Waals surface area contributed by atoms with Gasteiger partial charge in [0.1, 0.15) is 0 Å². The standard InChI is InChI=1S/C15H23F3N2/c16-15(17,18)10-20-4-3-12(9-20)7-19-8-14-6-11-1-2-13(14)5-11/h1-2,11-14,19H,3-10H2. The normalized spacial score (nSPS) is 37.1. The molecule has 2 fully saturated rings. The lowest BCUT2D eigenvalue weighted by atomic mass is 9.93. The summed E-state index contributed by atoms with van der Waals surface area (Å²) in [4.78, 5) is 1.53. The summed E-state index contributed by atoms with van der Waals surface area (Å²) in [5.41, 5.74) is 0. The lowest BCUT2D eigenvalue weighted by Gasteiger charge is -2.20. The molecule has 1 saturated heterocycles. The molecule has 0 aromatic carbocycles. The van der Waals surface area contributed by atoms with E-state index in [0.29, 0.717) is 19.0 Å². The smallest absolute Gasteiger partial charge is 0.316 e. The fourth-order valence-corrected chi connectivity index (χ4v) is 4.08. The van der Waals surface area contributed by atoms with Gasteiger partial charge in [0.05, 0.1) is 6.54 Å². The molecule has 20 heavy (non-hydrogen) atoms. The van der Waals surface area contributed by atoms with Gasteiger partial charge in [-0.2, -0.15) is 13.2 Å². The number of nitrogens with zero attached hydrogens (tertiary/aromatic N) is 1. The highest BCUT2D eigenvalue weighted by atomic mass is 19.4. The third kappa shape index (κ3) is 3.55. The molecule has 0 spiro atoms. The Labute approximate surface area is 118 Å². The molecule has 0 aromatic heterocycles. The maximum atomic E-state index is 12.3. The van der Waals surface area contributed by atoms with Gasteiger partial charge in [0.15, 0.2) is 0 Å². The first-order chi connectivity index (χ1) is 9.49. The van der Waals surface area contributed by atoms with E-state index in [1.807, 2.05) is 0 Å². The Balaban J connectivity index is 1.33. The van der Waals surface area contributed by atoms with Crippen LogP contribution < -0.4 is 5.32 Å². The highest BCUT2D eigenvalue weighted by Gasteiger charge is 2.36. The molecule has 1 saturated carbocycles. The van der Waals surface area contributed by atoms with Crippen molar-refractivity contribution < 1.29 is 13.2 Å². The van der Waals surface area contributed by atoms with Crippen LogP contribution in [0.4, 0.5) is 13.2 Å². The van der Waals surface area contributed by atoms with Crippen molar-refractivity contribution >= 4 is 0 Å². The molecule has 114 valence electrons. The summed E-state index contributed by atoms with van der Waals surface area (Å²) in [5, 5.41) is 3.50. The van der Waals surface area contributed by atoms with Gasteiger partial charge in [-0.05, 0) is 62.6 Å². The van der Waals surface area contributed by atoms with Gasteiger partial charge in [0.25, 0.3) is 0 Å². The summed E-state index contributed by atoms with van der Waals surface area (Å²) in [7, 11) is 0. The molecule has 2 nitrogen and oxygen atoms in total. The van der Waals surface area contributed by atoms with Gasteiger partial charge in [0, 0.05) is 6.54 Å². The zero-order chi connectivity index (χ0) is 14.2. The molecule has 2 aliphatic carbocycles. The van der Waals surface area contributed by atoms with E-state index < -0.39 is 12.7 Å². The molecule has 0 radical (unpaired) electrons. The highest BCUT2D eigenvalue weighted by molar-refractivity contribution is 5.10. The number of rotatable bonds is 5. The third-order valence-electron chi connectivity index (χ3n) is 5.03. The van der Waals surface area contributed by atoms with Crippen molar-refractivity contribution in [1.29, 1.82) is 0 Å². The molecule has 3 rings (SSSR count). The Bertz CT molecular complexity index is 367. The third-order valence-corrected chi connectivity index (χ3v) is 5.03. The number of halogens is 3. The predicted molar refractivity (Wildman–Crippen MR) is 72.3 cm³/mol. The summed E-state index contributed by atoms with van der Waals surface area (Å²) in [5.74, 6) is 2.67. The van der Waals surface area contributed by atoms with Crippen LogP contribution in [0.3, 0.4) is 0 Å². The topological polar surface area (TPSA) is 15.3 Å². The van der Waals surface area contributed by atoms with Gasteiger partial charge in [0.2, 0.25) is 0 Å². The van der Waals surface area contributed by atoms with Gasteiger partial charge in [-0.15, -0.1) is 0 Å². The minimum Gasteiger partial charge on any atom is -0.316 e. The second-order valence-corrected chi connectivity index (χ2v) is 6.70. The average molecular weight is 288 g/mol. The van der Waals surface area contributed by atoms with E-state index in [9.17, 15) is 13.2 Å². The number of nitrogens with one attached hydrogen (secondary N) is 1. The SMILES string of the molecule is FC(F)(F)CN1CCC(CNCC2CC3C=CC2C3)C1. The molecule has 2 bridgehead atoms. The van der Waals surface area contributed by atoms with E-state index in [1.165, 1.54) is 17.7 Å². The van der Waals surface area contributed by atoms with Crippen LogP contribution in [0, 0.1) is 23.7 Å². The first-order valence-electron chi connectivity index (χ1n) is 7.68. The van der Waals surface area contributed by atoms with Crippen LogP contribution >= 0.6 is 0 Å². The van der Waals surface area contributed by atoms with Gasteiger partial charge < -0.3 is 5.32 Å². The minimum atomic E-state index is -4.06. The number of allylic oxidation sites excluding steroid dienone is 2. The van der Waals surface area contributed by atoms with Crippen molar-refractivity contribution in [3.63, 3.8) is 0 Å². The van der Waals surface area contributed by atoms with Gasteiger partial charge in [-0.25, -0.2) is 0 Å². The number of alkyl halides is 3. The molecule has 4 unspecified atom stereocenters. The average Bonchev–Trinajstić information content (AvgIpc) is 3.03. The second kappa shape index (κ2) is 5.68. The first kappa shape index (κ1) is 14.4. The van der Waals surface area contributed by atoms with Gasteiger partial charge in [-0.1, -0.05) is 12.2 Å². The van der Waals surface area contributed by atoms with Crippen molar-refractivity contribution in [2.45, 2.75) is 25.4 Å². The molecule has 1 N–H and O–H groups in total. The lowest BCUT2D eigenvalue weighted by Crippen LogP contribution is -2.34. The van der Waals surface area contributed by atoms with Crippen LogP contribution in [-0.4, -0.2) is 43.8 Å². The second-order valence-electron chi connectivity index (χ2n) is 6.70. The van der Waals surface area contributed by atoms with Crippen molar-refractivity contribution in [2.24, 2.45) is 23.7 Å². The van der Waals surface area contributed by atoms with Crippen molar-refractivity contribution in [1.82, 2.24) is 10.2 Å². The predicted octanol–water partition coefficient (Wildman–Crippen LogP) is 2.67. The highest BCUT2D eigenvalue weighted by Crippen LogP contribution is 2.42. The molecule has 3 aliphatic rings. The summed E-state index contributed by atoms with van der Waals surface area (Å²) < 4.78 is 36.9. The molecule has 0 aromatic rings. The van der Waals surface area contributed by atoms with E-state index >= 15 is 0 Å². The van der Waals surface area contributed by atoms with E-state index in [0.717, 1.165) is 37.3 Å². The molecular formula is C15H23F3N2. The molecule has 1 heterocycles. The maximum absolute atomic E-state index is 12.3. The fourth-order valence-electron chi connectivity index (χ4n) is 4.08. The monoisotopic (exact) mass is 288 g/mol. The molecule has 0 amide bonds. The Hall–Kier alpha value is -0.550. The van der Waals surface area contributed by atoms with Crippen LogP contribution in [0.25, 0.3) is 0 Å². The zero-order valence-corrected chi connectivity index (χ0v) is 11.7. The molecular weight excluding hydrogens is 265 g/mol. The number of likely N-dealkylation sites (tertiary alicyclic amines) is 1. The van der Waals surface area contributed by atoms with Crippen LogP contribution in [0.15, 0.2) is 12.2 Å². The quantitative estimate of drug-likeness (QED) is 0.783. The van der Waals surface area contributed by atoms with Gasteiger partial charge in [-0.3, -0.25) is 4.90 Å². The number of fused-ring (bicyclic) bond motifs is 2. The maximum Gasteiger partial charge on any atom is 0.401 e. The summed E-state index contributed by atoms with van der Waals surface area (Å²) >= 11 is 0. The van der Waals surface area contributed by atoms with Crippen molar-refractivity contribution in [3.05, 3.63) is 12.2 Å². The van der Waals surface area contributed by atoms with Crippen LogP contribution in [0.2, 0.25) is 0 Å². The Kier molecular flexibility index (Phi) is 4.09. The minimum absolute atomic E-state index is 0.381. The molecule has 5 heteroatoms. The number of hydrogen-bond acceptors (Lipinski definition) is 2. The van der Waals surface area contributed by atoms with E-state index in [-0.39, 0.29) is 0 Å². The summed E-state index contributed by atoms with van der Waals surface area (Å²) in [6.07, 6.45) is 4.12. The lowest BCUT2D eigenvalue weighted by molar-refractivity contribution is -0.143. The van der Waals surface area contributed by atoms with Gasteiger partial charge >= 0.3 is 6.18 Å². The molecule has 1 aliphatic heterocycles. The van der Waals surface area contributed by atoms with E-state index in [2.05, 4.69) is 17.5 Å². The van der Waals surface area contributed by atoms with Crippen LogP contribution in [-0.2, 0) is 0 Å². The van der Waals surface area contributed by atoms with Crippen molar-refractivity contribution in [3.8, 4) is 0 Å². The Morgan fingerprint density at radius 2 is 2.00 bits per heavy atom. The summed E-state index contributed by atoms with van der Waals surface area (Å²) in [6.45, 7) is 2.32. The van der Waals surface area contributed by atoms with Crippen molar-refractivity contribution in [2.75, 3.05) is 32.7 Å². The first-order valence-corrected chi connectivity index (χ1v) is 7.68. The van der Waals surface area contributed by atoms with Crippen LogP contribution in [0.1, 0.15) is 19.3 Å². The van der Waals surface area contributed by atoms with E-state index in [1.54, 1.807) is 0 Å². The Morgan fingerprint density at radius 1 is 1.15 bits per heavy atom. The number of hydrogen-bond donors (Lipinski definition) is 1. The van der Waals surface area contributed by atoms with E-state index in [4.69, 9.17) is 0 Å². The zero-order valence-electron chi connectivity index (χ0n) is 11.7. The van der Waals surface area contributed by atoms with Crippen LogP contribution in [0.5, 0.6) is 0 Å². The Morgan fingerprint density at radius 3 is 2.65 bits per heavy atom. The molecule has 4 atom stereocenters. The fraction of sp³-hybridized carbons (Fsp3) is 0.867.